The van der Waals surface area contributed by atoms with E-state index in [2.05, 4.69) is 26.0 Å². The minimum Gasteiger partial charge on any atom is -0.393 e. The van der Waals surface area contributed by atoms with Crippen molar-refractivity contribution >= 4 is 0 Å². The molecule has 118 valence electrons. The molecule has 0 aromatic rings. The second kappa shape index (κ2) is 4.58. The highest BCUT2D eigenvalue weighted by atomic mass is 16.3. The summed E-state index contributed by atoms with van der Waals surface area (Å²) in [6.07, 6.45) is 12.5. The summed E-state index contributed by atoms with van der Waals surface area (Å²) in [6, 6.07) is 0. The van der Waals surface area contributed by atoms with E-state index in [1.807, 2.05) is 0 Å². The first-order valence-electron chi connectivity index (χ1n) is 8.99. The molecule has 0 spiro atoms. The zero-order chi connectivity index (χ0) is 14.8. The summed E-state index contributed by atoms with van der Waals surface area (Å²) in [7, 11) is 0. The van der Waals surface area contributed by atoms with Crippen LogP contribution in [0.4, 0.5) is 0 Å². The predicted octanol–water partition coefficient (Wildman–Crippen LogP) is 3.53. The number of fused-ring (bicyclic) bond motifs is 5. The van der Waals surface area contributed by atoms with Gasteiger partial charge in [0.15, 0.2) is 0 Å². The van der Waals surface area contributed by atoms with Crippen molar-refractivity contribution in [1.82, 2.24) is 0 Å². The van der Waals surface area contributed by atoms with Crippen molar-refractivity contribution in [1.29, 1.82) is 0 Å². The monoisotopic (exact) mass is 290 g/mol. The van der Waals surface area contributed by atoms with E-state index in [1.165, 1.54) is 25.7 Å². The van der Waals surface area contributed by atoms with Crippen LogP contribution in [0.15, 0.2) is 12.2 Å². The normalized spacial score (nSPS) is 59.2. The van der Waals surface area contributed by atoms with Gasteiger partial charge in [-0.15, -0.1) is 0 Å². The Bertz CT molecular complexity index is 458. The lowest BCUT2D eigenvalue weighted by Crippen LogP contribution is -2.52. The molecule has 3 saturated carbocycles. The third-order valence-electron chi connectivity index (χ3n) is 8.08. The number of hydrogen-bond acceptors (Lipinski definition) is 2. The second-order valence-corrected chi connectivity index (χ2v) is 8.85. The molecule has 0 amide bonds. The first kappa shape index (κ1) is 14.3. The van der Waals surface area contributed by atoms with Crippen molar-refractivity contribution in [3.05, 3.63) is 12.2 Å². The van der Waals surface area contributed by atoms with Crippen LogP contribution >= 0.6 is 0 Å². The number of allylic oxidation sites excluding steroid dienone is 2. The summed E-state index contributed by atoms with van der Waals surface area (Å²) in [4.78, 5) is 0. The van der Waals surface area contributed by atoms with Crippen molar-refractivity contribution in [3.8, 4) is 0 Å². The Morgan fingerprint density at radius 2 is 1.57 bits per heavy atom. The summed E-state index contributed by atoms with van der Waals surface area (Å²) in [6.45, 7) is 4.82. The van der Waals surface area contributed by atoms with Gasteiger partial charge in [0.25, 0.3) is 0 Å². The van der Waals surface area contributed by atoms with Gasteiger partial charge in [-0.3, -0.25) is 0 Å². The molecule has 0 aliphatic heterocycles. The molecule has 4 rings (SSSR count). The SMILES string of the molecule is CC12CCC3C(C=C[C@H]4CC(O)CCC34C)C1CCC2O. The first-order valence-corrected chi connectivity index (χ1v) is 8.99. The van der Waals surface area contributed by atoms with Crippen LogP contribution in [0.1, 0.15) is 58.8 Å². The predicted molar refractivity (Wildman–Crippen MR) is 83.6 cm³/mol. The molecule has 21 heavy (non-hydrogen) atoms. The summed E-state index contributed by atoms with van der Waals surface area (Å²) in [5, 5.41) is 20.5. The van der Waals surface area contributed by atoms with Gasteiger partial charge in [-0.1, -0.05) is 26.0 Å². The molecule has 0 bridgehead atoms. The van der Waals surface area contributed by atoms with Gasteiger partial charge in [0.1, 0.15) is 0 Å². The van der Waals surface area contributed by atoms with Crippen LogP contribution in [-0.4, -0.2) is 22.4 Å². The van der Waals surface area contributed by atoms with E-state index in [0.29, 0.717) is 23.2 Å². The first-order chi connectivity index (χ1) is 9.95. The van der Waals surface area contributed by atoms with Crippen LogP contribution in [0.25, 0.3) is 0 Å². The molecular weight excluding hydrogens is 260 g/mol. The van der Waals surface area contributed by atoms with Crippen molar-refractivity contribution in [3.63, 3.8) is 0 Å². The third-order valence-corrected chi connectivity index (χ3v) is 8.08. The van der Waals surface area contributed by atoms with Crippen LogP contribution in [0.2, 0.25) is 0 Å². The minimum atomic E-state index is -0.0913. The van der Waals surface area contributed by atoms with Gasteiger partial charge < -0.3 is 10.2 Å². The Kier molecular flexibility index (Phi) is 3.11. The molecule has 8 atom stereocenters. The Morgan fingerprint density at radius 3 is 2.38 bits per heavy atom. The number of aliphatic hydroxyl groups excluding tert-OH is 2. The summed E-state index contributed by atoms with van der Waals surface area (Å²) in [5.41, 5.74) is 0.538. The van der Waals surface area contributed by atoms with Gasteiger partial charge in [-0.2, -0.15) is 0 Å². The van der Waals surface area contributed by atoms with Gasteiger partial charge in [-0.25, -0.2) is 0 Å². The van der Waals surface area contributed by atoms with Gasteiger partial charge in [0.2, 0.25) is 0 Å². The molecule has 0 heterocycles. The largest absolute Gasteiger partial charge is 0.393 e. The van der Waals surface area contributed by atoms with Gasteiger partial charge in [-0.05, 0) is 79.4 Å². The average molecular weight is 290 g/mol. The highest BCUT2D eigenvalue weighted by Gasteiger charge is 2.58. The Hall–Kier alpha value is -0.340. The lowest BCUT2D eigenvalue weighted by molar-refractivity contribution is -0.0894. The van der Waals surface area contributed by atoms with E-state index in [1.54, 1.807) is 0 Å². The molecule has 0 saturated heterocycles. The summed E-state index contributed by atoms with van der Waals surface area (Å²) >= 11 is 0. The van der Waals surface area contributed by atoms with Crippen molar-refractivity contribution < 1.29 is 10.2 Å². The zero-order valence-corrected chi connectivity index (χ0v) is 13.5. The van der Waals surface area contributed by atoms with Crippen LogP contribution in [0.3, 0.4) is 0 Å². The Morgan fingerprint density at radius 1 is 0.857 bits per heavy atom. The fourth-order valence-corrected chi connectivity index (χ4v) is 6.57. The van der Waals surface area contributed by atoms with Crippen molar-refractivity contribution in [2.24, 2.45) is 34.5 Å². The molecule has 2 nitrogen and oxygen atoms in total. The van der Waals surface area contributed by atoms with E-state index in [9.17, 15) is 10.2 Å². The molecule has 0 aromatic carbocycles. The summed E-state index contributed by atoms with van der Waals surface area (Å²) < 4.78 is 0. The van der Waals surface area contributed by atoms with Crippen LogP contribution in [0.5, 0.6) is 0 Å². The van der Waals surface area contributed by atoms with Crippen molar-refractivity contribution in [2.45, 2.75) is 71.0 Å². The maximum Gasteiger partial charge on any atom is 0.0596 e. The fraction of sp³-hybridized carbons (Fsp3) is 0.895. The van der Waals surface area contributed by atoms with Gasteiger partial charge in [0, 0.05) is 0 Å². The topological polar surface area (TPSA) is 40.5 Å². The molecular formula is C19H30O2. The van der Waals surface area contributed by atoms with Crippen LogP contribution < -0.4 is 0 Å². The maximum atomic E-state index is 10.4. The third kappa shape index (κ3) is 1.84. The fourth-order valence-electron chi connectivity index (χ4n) is 6.57. The van der Waals surface area contributed by atoms with E-state index in [4.69, 9.17) is 0 Å². The van der Waals surface area contributed by atoms with Gasteiger partial charge >= 0.3 is 0 Å². The lowest BCUT2D eigenvalue weighted by Gasteiger charge is -2.58. The highest BCUT2D eigenvalue weighted by molar-refractivity contribution is 5.18. The highest BCUT2D eigenvalue weighted by Crippen LogP contribution is 2.64. The zero-order valence-electron chi connectivity index (χ0n) is 13.5. The number of hydrogen-bond donors (Lipinski definition) is 2. The van der Waals surface area contributed by atoms with Crippen molar-refractivity contribution in [2.75, 3.05) is 0 Å². The minimum absolute atomic E-state index is 0.0874. The molecule has 4 aliphatic rings. The Labute approximate surface area is 128 Å². The average Bonchev–Trinajstić information content (AvgIpc) is 2.76. The number of aliphatic hydroxyl groups is 2. The molecule has 0 aromatic heterocycles. The standard InChI is InChI=1S/C19H30O2/c1-18-9-7-13(20)11-12(18)3-4-14-15-5-6-17(21)19(15,2)10-8-16(14)18/h3-4,12-17,20-21H,5-11H2,1-2H3/t12-,13?,14?,15?,16?,17?,18?,19?/m0/s1. The molecule has 4 aliphatic carbocycles. The summed E-state index contributed by atoms with van der Waals surface area (Å²) in [5.74, 6) is 2.67. The Balaban J connectivity index is 1.68. The van der Waals surface area contributed by atoms with Crippen LogP contribution in [0, 0.1) is 34.5 Å². The molecule has 2 heteroatoms. The van der Waals surface area contributed by atoms with Crippen LogP contribution in [-0.2, 0) is 0 Å². The molecule has 7 unspecified atom stereocenters. The quantitative estimate of drug-likeness (QED) is 0.670. The van der Waals surface area contributed by atoms with E-state index < -0.39 is 0 Å². The molecule has 2 N–H and O–H groups in total. The second-order valence-electron chi connectivity index (χ2n) is 8.85. The van der Waals surface area contributed by atoms with E-state index >= 15 is 0 Å². The molecule has 3 fully saturated rings. The smallest absolute Gasteiger partial charge is 0.0596 e. The maximum absolute atomic E-state index is 10.4. The van der Waals surface area contributed by atoms with Gasteiger partial charge in [0.05, 0.1) is 12.2 Å². The lowest BCUT2D eigenvalue weighted by atomic mass is 9.47. The van der Waals surface area contributed by atoms with E-state index in [0.717, 1.165) is 25.2 Å². The van der Waals surface area contributed by atoms with E-state index in [-0.39, 0.29) is 17.6 Å². The molecule has 0 radical (unpaired) electrons. The number of rotatable bonds is 0.